The van der Waals surface area contributed by atoms with Crippen molar-refractivity contribution >= 4 is 29.1 Å². The second-order valence-corrected chi connectivity index (χ2v) is 7.45. The molecule has 0 aromatic heterocycles. The van der Waals surface area contributed by atoms with E-state index in [1.807, 2.05) is 18.2 Å². The number of amides is 4. The van der Waals surface area contributed by atoms with Crippen molar-refractivity contribution in [2.45, 2.75) is 13.0 Å². The van der Waals surface area contributed by atoms with Crippen LogP contribution in [-0.2, 0) is 6.54 Å². The Kier molecular flexibility index (Phi) is 6.30. The second-order valence-electron chi connectivity index (χ2n) is 7.45. The molecule has 32 heavy (non-hydrogen) atoms. The molecule has 3 aromatic rings. The SMILES string of the molecule is O=C(Nc1ccccc1)Nc1cccc(N2CCCN(Cc3ccc(F)c(F)c3)C2=O)c1. The lowest BCUT2D eigenvalue weighted by Gasteiger charge is -2.36. The average molecular weight is 436 g/mol. The van der Waals surface area contributed by atoms with Crippen molar-refractivity contribution in [1.82, 2.24) is 4.90 Å². The Hall–Kier alpha value is -3.94. The molecule has 8 heteroatoms. The maximum Gasteiger partial charge on any atom is 0.324 e. The number of urea groups is 2. The third kappa shape index (κ3) is 5.03. The molecular weight excluding hydrogens is 414 g/mol. The molecule has 0 saturated carbocycles. The first-order valence-electron chi connectivity index (χ1n) is 10.2. The zero-order valence-corrected chi connectivity index (χ0v) is 17.2. The van der Waals surface area contributed by atoms with Crippen molar-refractivity contribution in [3.05, 3.63) is 90.0 Å². The van der Waals surface area contributed by atoms with Gasteiger partial charge in [-0.1, -0.05) is 30.3 Å². The van der Waals surface area contributed by atoms with Gasteiger partial charge in [-0.15, -0.1) is 0 Å². The number of benzene rings is 3. The second kappa shape index (κ2) is 9.47. The molecule has 1 aliphatic heterocycles. The van der Waals surface area contributed by atoms with Gasteiger partial charge in [0.05, 0.1) is 0 Å². The first kappa shape index (κ1) is 21.3. The number of rotatable bonds is 5. The van der Waals surface area contributed by atoms with Gasteiger partial charge in [0.2, 0.25) is 0 Å². The third-order valence-corrected chi connectivity index (χ3v) is 5.12. The summed E-state index contributed by atoms with van der Waals surface area (Å²) in [5, 5.41) is 5.51. The summed E-state index contributed by atoms with van der Waals surface area (Å²) in [4.78, 5) is 28.5. The number of nitrogens with one attached hydrogen (secondary N) is 2. The van der Waals surface area contributed by atoms with Crippen LogP contribution in [0.15, 0.2) is 72.8 Å². The van der Waals surface area contributed by atoms with Crippen molar-refractivity contribution in [2.75, 3.05) is 28.6 Å². The summed E-state index contributed by atoms with van der Waals surface area (Å²) in [6, 6.07) is 19.1. The molecule has 0 bridgehead atoms. The summed E-state index contributed by atoms with van der Waals surface area (Å²) >= 11 is 0. The molecule has 6 nitrogen and oxygen atoms in total. The van der Waals surface area contributed by atoms with Crippen molar-refractivity contribution in [1.29, 1.82) is 0 Å². The van der Waals surface area contributed by atoms with E-state index in [2.05, 4.69) is 10.6 Å². The van der Waals surface area contributed by atoms with E-state index in [4.69, 9.17) is 0 Å². The maximum atomic E-state index is 13.5. The topological polar surface area (TPSA) is 64.7 Å². The zero-order chi connectivity index (χ0) is 22.5. The summed E-state index contributed by atoms with van der Waals surface area (Å²) < 4.78 is 26.7. The summed E-state index contributed by atoms with van der Waals surface area (Å²) in [5.41, 5.74) is 2.37. The van der Waals surface area contributed by atoms with Gasteiger partial charge in [0.15, 0.2) is 11.6 Å². The highest BCUT2D eigenvalue weighted by Gasteiger charge is 2.27. The molecule has 1 heterocycles. The van der Waals surface area contributed by atoms with Gasteiger partial charge >= 0.3 is 12.1 Å². The molecule has 2 N–H and O–H groups in total. The van der Waals surface area contributed by atoms with Crippen LogP contribution < -0.4 is 15.5 Å². The molecule has 3 aromatic carbocycles. The lowest BCUT2D eigenvalue weighted by atomic mass is 10.1. The van der Waals surface area contributed by atoms with Crippen LogP contribution in [0.4, 0.5) is 35.4 Å². The van der Waals surface area contributed by atoms with Crippen LogP contribution in [-0.4, -0.2) is 30.1 Å². The van der Waals surface area contributed by atoms with Gasteiger partial charge in [0.25, 0.3) is 0 Å². The number of hydrogen-bond acceptors (Lipinski definition) is 2. The highest BCUT2D eigenvalue weighted by atomic mass is 19.2. The van der Waals surface area contributed by atoms with Crippen LogP contribution in [0, 0.1) is 11.6 Å². The van der Waals surface area contributed by atoms with Crippen LogP contribution in [0.5, 0.6) is 0 Å². The molecule has 0 aliphatic carbocycles. The lowest BCUT2D eigenvalue weighted by Crippen LogP contribution is -2.49. The highest BCUT2D eigenvalue weighted by molar-refractivity contribution is 6.00. The Balaban J connectivity index is 1.44. The zero-order valence-electron chi connectivity index (χ0n) is 17.2. The van der Waals surface area contributed by atoms with E-state index in [1.54, 1.807) is 46.2 Å². The summed E-state index contributed by atoms with van der Waals surface area (Å²) in [5.74, 6) is -1.85. The van der Waals surface area contributed by atoms with Crippen molar-refractivity contribution in [3.8, 4) is 0 Å². The van der Waals surface area contributed by atoms with Gasteiger partial charge in [0.1, 0.15) is 0 Å². The van der Waals surface area contributed by atoms with Gasteiger partial charge in [-0.05, 0) is 54.4 Å². The predicted molar refractivity (Wildman–Crippen MR) is 120 cm³/mol. The fourth-order valence-electron chi connectivity index (χ4n) is 3.59. The molecule has 4 amide bonds. The Morgan fingerprint density at radius 2 is 1.59 bits per heavy atom. The van der Waals surface area contributed by atoms with E-state index >= 15 is 0 Å². The van der Waals surface area contributed by atoms with Crippen LogP contribution >= 0.6 is 0 Å². The first-order chi connectivity index (χ1) is 15.5. The van der Waals surface area contributed by atoms with Crippen molar-refractivity contribution < 1.29 is 18.4 Å². The van der Waals surface area contributed by atoms with E-state index < -0.39 is 17.7 Å². The van der Waals surface area contributed by atoms with E-state index in [1.165, 1.54) is 6.07 Å². The Labute approximate surface area is 184 Å². The maximum absolute atomic E-state index is 13.5. The highest BCUT2D eigenvalue weighted by Crippen LogP contribution is 2.25. The average Bonchev–Trinajstić information content (AvgIpc) is 2.78. The van der Waals surface area contributed by atoms with E-state index in [0.717, 1.165) is 18.6 Å². The Morgan fingerprint density at radius 3 is 2.38 bits per heavy atom. The van der Waals surface area contributed by atoms with Gasteiger partial charge in [-0.2, -0.15) is 0 Å². The van der Waals surface area contributed by atoms with Crippen LogP contribution in [0.3, 0.4) is 0 Å². The minimum Gasteiger partial charge on any atom is -0.320 e. The molecule has 0 atom stereocenters. The summed E-state index contributed by atoms with van der Waals surface area (Å²) in [6.07, 6.45) is 0.724. The molecule has 1 aliphatic rings. The van der Waals surface area contributed by atoms with E-state index in [9.17, 15) is 18.4 Å². The minimum atomic E-state index is -0.934. The van der Waals surface area contributed by atoms with Gasteiger partial charge in [-0.3, -0.25) is 4.90 Å². The molecule has 0 unspecified atom stereocenters. The fraction of sp³-hybridized carbons (Fsp3) is 0.167. The Bertz CT molecular complexity index is 1120. The largest absolute Gasteiger partial charge is 0.324 e. The minimum absolute atomic E-state index is 0.184. The lowest BCUT2D eigenvalue weighted by molar-refractivity contribution is 0.192. The van der Waals surface area contributed by atoms with E-state index in [0.29, 0.717) is 35.7 Å². The van der Waals surface area contributed by atoms with Crippen LogP contribution in [0.25, 0.3) is 0 Å². The summed E-state index contributed by atoms with van der Waals surface area (Å²) in [6.45, 7) is 1.22. The number of nitrogens with zero attached hydrogens (tertiary/aromatic N) is 2. The number of carbonyl (C=O) groups excluding carboxylic acids is 2. The molecule has 4 rings (SSSR count). The third-order valence-electron chi connectivity index (χ3n) is 5.12. The molecular formula is C24H22F2N4O2. The van der Waals surface area contributed by atoms with E-state index in [-0.39, 0.29) is 12.6 Å². The standard InChI is InChI=1S/C24H22F2N4O2/c25-21-11-10-17(14-22(21)26)16-29-12-5-13-30(24(29)32)20-9-4-8-19(15-20)28-23(31)27-18-6-2-1-3-7-18/h1-4,6-11,14-15H,5,12-13,16H2,(H2,27,28,31). The van der Waals surface area contributed by atoms with Gasteiger partial charge in [0, 0.05) is 36.7 Å². The van der Waals surface area contributed by atoms with Crippen LogP contribution in [0.1, 0.15) is 12.0 Å². The molecule has 164 valence electrons. The number of hydrogen-bond donors (Lipinski definition) is 2. The first-order valence-corrected chi connectivity index (χ1v) is 10.2. The number of para-hydroxylation sites is 1. The summed E-state index contributed by atoms with van der Waals surface area (Å²) in [7, 11) is 0. The van der Waals surface area contributed by atoms with Crippen molar-refractivity contribution in [2.24, 2.45) is 0 Å². The molecule has 1 saturated heterocycles. The van der Waals surface area contributed by atoms with Gasteiger partial charge in [-0.25, -0.2) is 18.4 Å². The van der Waals surface area contributed by atoms with Gasteiger partial charge < -0.3 is 15.5 Å². The van der Waals surface area contributed by atoms with Crippen LogP contribution in [0.2, 0.25) is 0 Å². The molecule has 0 spiro atoms. The fourth-order valence-corrected chi connectivity index (χ4v) is 3.59. The molecule has 1 fully saturated rings. The Morgan fingerprint density at radius 1 is 0.844 bits per heavy atom. The quantitative estimate of drug-likeness (QED) is 0.559. The normalized spacial score (nSPS) is 13.8. The monoisotopic (exact) mass is 436 g/mol. The molecule has 0 radical (unpaired) electrons. The smallest absolute Gasteiger partial charge is 0.320 e. The number of carbonyl (C=O) groups is 2. The number of anilines is 3. The van der Waals surface area contributed by atoms with Crippen molar-refractivity contribution in [3.63, 3.8) is 0 Å². The number of halogens is 2. The predicted octanol–water partition coefficient (Wildman–Crippen LogP) is 5.44.